The number of urea groups is 1. The number of rotatable bonds is 1. The molecule has 2 atom stereocenters. The van der Waals surface area contributed by atoms with E-state index in [2.05, 4.69) is 10.2 Å². The molecule has 2 saturated heterocycles. The summed E-state index contributed by atoms with van der Waals surface area (Å²) in [6.45, 7) is 4.98. The van der Waals surface area contributed by atoms with E-state index in [1.165, 1.54) is 4.90 Å². The molecule has 0 aliphatic carbocycles. The molecule has 2 fully saturated rings. The SMILES string of the molecule is CC(C)N1C(=O)NC(=O)[C@]2(Cc3ccccc3N3CCOC[C@@H]32)C1=O. The molecule has 1 aromatic rings. The summed E-state index contributed by atoms with van der Waals surface area (Å²) in [5, 5.41) is 2.41. The van der Waals surface area contributed by atoms with E-state index in [1.54, 1.807) is 13.8 Å². The Balaban J connectivity index is 1.88. The summed E-state index contributed by atoms with van der Waals surface area (Å²) in [5.41, 5.74) is 0.643. The number of nitrogens with zero attached hydrogens (tertiary/aromatic N) is 2. The van der Waals surface area contributed by atoms with Crippen molar-refractivity contribution in [1.29, 1.82) is 0 Å². The minimum Gasteiger partial charge on any atom is -0.377 e. The maximum atomic E-state index is 13.4. The summed E-state index contributed by atoms with van der Waals surface area (Å²) in [6.07, 6.45) is 0.273. The number of carbonyl (C=O) groups excluding carboxylic acids is 3. The van der Waals surface area contributed by atoms with Crippen molar-refractivity contribution >= 4 is 23.5 Å². The average Bonchev–Trinajstić information content (AvgIpc) is 2.59. The Morgan fingerprint density at radius 1 is 1.24 bits per heavy atom. The fraction of sp³-hybridized carbons (Fsp3) is 0.500. The van der Waals surface area contributed by atoms with Crippen LogP contribution >= 0.6 is 0 Å². The standard InChI is InChI=1S/C18H21N3O4/c1-11(2)21-16(23)18(15(22)19-17(21)24)9-12-5-3-4-6-13(12)20-7-8-25-10-14(18)20/h3-6,11,14H,7-10H2,1-2H3,(H,19,22,24)/t14-,18-/m1/s1. The Hall–Kier alpha value is -2.41. The highest BCUT2D eigenvalue weighted by atomic mass is 16.5. The number of carbonyl (C=O) groups is 3. The zero-order valence-corrected chi connectivity index (χ0v) is 14.3. The van der Waals surface area contributed by atoms with Crippen LogP contribution in [0.4, 0.5) is 10.5 Å². The third-order valence-corrected chi connectivity index (χ3v) is 5.43. The van der Waals surface area contributed by atoms with Crippen LogP contribution in [0.5, 0.6) is 0 Å². The smallest absolute Gasteiger partial charge is 0.331 e. The molecule has 4 amide bonds. The van der Waals surface area contributed by atoms with E-state index in [4.69, 9.17) is 4.74 Å². The van der Waals surface area contributed by atoms with E-state index in [0.29, 0.717) is 13.2 Å². The van der Waals surface area contributed by atoms with Crippen LogP contribution in [0.15, 0.2) is 24.3 Å². The fourth-order valence-electron chi connectivity index (χ4n) is 4.25. The first-order valence-electron chi connectivity index (χ1n) is 8.58. The topological polar surface area (TPSA) is 79.0 Å². The van der Waals surface area contributed by atoms with E-state index in [9.17, 15) is 14.4 Å². The van der Waals surface area contributed by atoms with E-state index in [0.717, 1.165) is 11.3 Å². The second kappa shape index (κ2) is 5.56. The molecule has 25 heavy (non-hydrogen) atoms. The summed E-state index contributed by atoms with van der Waals surface area (Å²) >= 11 is 0. The highest BCUT2D eigenvalue weighted by molar-refractivity contribution is 6.20. The van der Waals surface area contributed by atoms with Crippen molar-refractivity contribution < 1.29 is 19.1 Å². The average molecular weight is 343 g/mol. The maximum absolute atomic E-state index is 13.4. The van der Waals surface area contributed by atoms with Crippen LogP contribution in [0.2, 0.25) is 0 Å². The van der Waals surface area contributed by atoms with Crippen molar-refractivity contribution in [2.45, 2.75) is 32.4 Å². The minimum absolute atomic E-state index is 0.273. The first-order chi connectivity index (χ1) is 12.0. The van der Waals surface area contributed by atoms with Gasteiger partial charge in [0.15, 0.2) is 5.41 Å². The molecule has 0 saturated carbocycles. The zero-order chi connectivity index (χ0) is 17.8. The number of amides is 4. The van der Waals surface area contributed by atoms with Crippen molar-refractivity contribution in [3.8, 4) is 0 Å². The lowest BCUT2D eigenvalue weighted by molar-refractivity contribution is -0.157. The molecule has 3 aliphatic heterocycles. The number of fused-ring (bicyclic) bond motifs is 4. The van der Waals surface area contributed by atoms with Crippen LogP contribution in [0.3, 0.4) is 0 Å². The van der Waals surface area contributed by atoms with Gasteiger partial charge in [-0.15, -0.1) is 0 Å². The number of nitrogens with one attached hydrogen (secondary N) is 1. The molecule has 7 heteroatoms. The van der Waals surface area contributed by atoms with Crippen LogP contribution in [0.1, 0.15) is 19.4 Å². The van der Waals surface area contributed by atoms with Crippen molar-refractivity contribution in [1.82, 2.24) is 10.2 Å². The number of ether oxygens (including phenoxy) is 1. The van der Waals surface area contributed by atoms with Gasteiger partial charge in [0.1, 0.15) is 0 Å². The summed E-state index contributed by atoms with van der Waals surface area (Å²) in [4.78, 5) is 41.8. The molecule has 132 valence electrons. The van der Waals surface area contributed by atoms with E-state index in [-0.39, 0.29) is 19.1 Å². The molecule has 1 spiro atoms. The van der Waals surface area contributed by atoms with Crippen molar-refractivity contribution in [3.63, 3.8) is 0 Å². The predicted octanol–water partition coefficient (Wildman–Crippen LogP) is 0.921. The summed E-state index contributed by atoms with van der Waals surface area (Å²) in [5.74, 6) is -0.944. The molecule has 0 unspecified atom stereocenters. The quantitative estimate of drug-likeness (QED) is 0.767. The third-order valence-electron chi connectivity index (χ3n) is 5.43. The maximum Gasteiger partial charge on any atom is 0.331 e. The van der Waals surface area contributed by atoms with E-state index in [1.807, 2.05) is 24.3 Å². The van der Waals surface area contributed by atoms with Crippen LogP contribution in [-0.4, -0.2) is 54.6 Å². The number of anilines is 1. The molecule has 0 aromatic heterocycles. The number of hydrogen-bond acceptors (Lipinski definition) is 5. The Labute approximate surface area is 145 Å². The van der Waals surface area contributed by atoms with Gasteiger partial charge in [-0.1, -0.05) is 18.2 Å². The Kier molecular flexibility index (Phi) is 3.57. The zero-order valence-electron chi connectivity index (χ0n) is 14.3. The van der Waals surface area contributed by atoms with Gasteiger partial charge in [-0.05, 0) is 31.9 Å². The first kappa shape index (κ1) is 16.1. The van der Waals surface area contributed by atoms with Crippen LogP contribution in [0.25, 0.3) is 0 Å². The number of morpholine rings is 1. The molecule has 0 radical (unpaired) electrons. The fourth-order valence-corrected chi connectivity index (χ4v) is 4.25. The van der Waals surface area contributed by atoms with Crippen molar-refractivity contribution in [3.05, 3.63) is 29.8 Å². The molecule has 3 aliphatic rings. The highest BCUT2D eigenvalue weighted by Crippen LogP contribution is 2.45. The van der Waals surface area contributed by atoms with Gasteiger partial charge in [0.05, 0.1) is 19.3 Å². The number of hydrogen-bond donors (Lipinski definition) is 1. The Morgan fingerprint density at radius 2 is 2.00 bits per heavy atom. The van der Waals surface area contributed by atoms with Crippen molar-refractivity contribution in [2.75, 3.05) is 24.7 Å². The Morgan fingerprint density at radius 3 is 2.76 bits per heavy atom. The molecule has 1 N–H and O–H groups in total. The molecule has 1 aromatic carbocycles. The molecule has 3 heterocycles. The summed E-state index contributed by atoms with van der Waals surface area (Å²) < 4.78 is 5.62. The van der Waals surface area contributed by atoms with Gasteiger partial charge in [0.2, 0.25) is 11.8 Å². The largest absolute Gasteiger partial charge is 0.377 e. The van der Waals surface area contributed by atoms with E-state index >= 15 is 0 Å². The predicted molar refractivity (Wildman–Crippen MR) is 90.1 cm³/mol. The Bertz CT molecular complexity index is 762. The molecular weight excluding hydrogens is 322 g/mol. The van der Waals surface area contributed by atoms with Crippen molar-refractivity contribution in [2.24, 2.45) is 5.41 Å². The number of barbiturate groups is 1. The van der Waals surface area contributed by atoms with Gasteiger partial charge in [0, 0.05) is 18.3 Å². The van der Waals surface area contributed by atoms with Crippen LogP contribution in [0, 0.1) is 5.41 Å². The minimum atomic E-state index is -1.34. The molecule has 0 bridgehead atoms. The lowest BCUT2D eigenvalue weighted by Gasteiger charge is -2.53. The van der Waals surface area contributed by atoms with Crippen LogP contribution in [-0.2, 0) is 20.7 Å². The van der Waals surface area contributed by atoms with Crippen LogP contribution < -0.4 is 10.2 Å². The highest BCUT2D eigenvalue weighted by Gasteiger charge is 2.62. The summed E-state index contributed by atoms with van der Waals surface area (Å²) in [6, 6.07) is 6.43. The van der Waals surface area contributed by atoms with Gasteiger partial charge in [-0.2, -0.15) is 0 Å². The third kappa shape index (κ3) is 2.12. The lowest BCUT2D eigenvalue weighted by atomic mass is 9.68. The molecule has 4 rings (SSSR count). The second-order valence-electron chi connectivity index (χ2n) is 7.09. The van der Waals surface area contributed by atoms with E-state index < -0.39 is 29.3 Å². The second-order valence-corrected chi connectivity index (χ2v) is 7.09. The monoisotopic (exact) mass is 343 g/mol. The summed E-state index contributed by atoms with van der Waals surface area (Å²) in [7, 11) is 0. The number of benzene rings is 1. The molecular formula is C18H21N3O4. The van der Waals surface area contributed by atoms with Gasteiger partial charge in [0.25, 0.3) is 0 Å². The van der Waals surface area contributed by atoms with Gasteiger partial charge in [-0.3, -0.25) is 19.8 Å². The van der Waals surface area contributed by atoms with Gasteiger partial charge in [-0.25, -0.2) is 4.79 Å². The molecule has 7 nitrogen and oxygen atoms in total. The first-order valence-corrected chi connectivity index (χ1v) is 8.58. The number of imide groups is 2. The normalized spacial score (nSPS) is 28.9. The number of para-hydroxylation sites is 1. The van der Waals surface area contributed by atoms with Gasteiger partial charge < -0.3 is 9.64 Å². The lowest BCUT2D eigenvalue weighted by Crippen LogP contribution is -2.74. The van der Waals surface area contributed by atoms with Gasteiger partial charge >= 0.3 is 6.03 Å².